The molecule has 0 saturated heterocycles. The van der Waals surface area contributed by atoms with Crippen LogP contribution in [0.3, 0.4) is 0 Å². The third-order valence-electron chi connectivity index (χ3n) is 10.6. The van der Waals surface area contributed by atoms with E-state index >= 15 is 0 Å². The van der Waals surface area contributed by atoms with Crippen molar-refractivity contribution in [2.24, 2.45) is 0 Å². The second kappa shape index (κ2) is 13.4. The van der Waals surface area contributed by atoms with E-state index in [1.165, 1.54) is 66.0 Å². The van der Waals surface area contributed by atoms with Crippen LogP contribution in [0.25, 0.3) is 71.6 Å². The summed E-state index contributed by atoms with van der Waals surface area (Å²) in [6.07, 6.45) is 0. The van der Waals surface area contributed by atoms with Crippen LogP contribution in [0.15, 0.2) is 218 Å². The molecule has 2 heteroatoms. The minimum Gasteiger partial charge on any atom is -0.311 e. The third kappa shape index (κ3) is 5.62. The van der Waals surface area contributed by atoms with Crippen LogP contribution in [0.5, 0.6) is 0 Å². The molecule has 54 heavy (non-hydrogen) atoms. The van der Waals surface area contributed by atoms with Crippen LogP contribution in [-0.4, -0.2) is 4.57 Å². The molecule has 0 atom stereocenters. The Morgan fingerprint density at radius 3 is 1.39 bits per heavy atom. The quantitative estimate of drug-likeness (QED) is 0.162. The Morgan fingerprint density at radius 2 is 0.741 bits per heavy atom. The molecule has 0 amide bonds. The molecule has 0 radical (unpaired) electrons. The van der Waals surface area contributed by atoms with Gasteiger partial charge >= 0.3 is 0 Å². The predicted octanol–water partition coefficient (Wildman–Crippen LogP) is 14.4. The second-order valence-corrected chi connectivity index (χ2v) is 13.8. The Balaban J connectivity index is 1.04. The van der Waals surface area contributed by atoms with Crippen molar-refractivity contribution < 1.29 is 0 Å². The van der Waals surface area contributed by atoms with Gasteiger partial charge in [-0.1, -0.05) is 152 Å². The van der Waals surface area contributed by atoms with Gasteiger partial charge in [0.25, 0.3) is 0 Å². The summed E-state index contributed by atoms with van der Waals surface area (Å²) in [7, 11) is 0. The molecule has 0 saturated carbocycles. The van der Waals surface area contributed by atoms with E-state index in [0.29, 0.717) is 0 Å². The Morgan fingerprint density at radius 1 is 0.296 bits per heavy atom. The molecule has 10 rings (SSSR count). The number of hydrogen-bond donors (Lipinski definition) is 0. The topological polar surface area (TPSA) is 8.17 Å². The van der Waals surface area contributed by atoms with Crippen molar-refractivity contribution >= 4 is 49.6 Å². The SMILES string of the molecule is c1ccc(-c2ccc(N(c3ccc(-c4cccc(-c5cccc6ccccc56)c4)cc3)c3ccc(-n4c5ccccc5c5ccccc54)cc3)cc2)cc1. The van der Waals surface area contributed by atoms with Gasteiger partial charge in [0.05, 0.1) is 11.0 Å². The largest absolute Gasteiger partial charge is 0.311 e. The van der Waals surface area contributed by atoms with Gasteiger partial charge in [-0.15, -0.1) is 0 Å². The highest BCUT2D eigenvalue weighted by Crippen LogP contribution is 2.39. The standard InChI is InChI=1S/C52H36N2/c1-2-12-37(13-3-1)38-24-28-43(29-25-38)53(45-32-34-46(35-33-45)54-51-22-8-6-19-49(51)50-20-7-9-23-52(50)54)44-30-26-39(27-31-44)41-16-10-17-42(36-41)48-21-11-15-40-14-4-5-18-47(40)48/h1-36H. The molecule has 254 valence electrons. The Labute approximate surface area is 315 Å². The lowest BCUT2D eigenvalue weighted by molar-refractivity contribution is 1.17. The molecule has 1 aromatic heterocycles. The molecule has 0 aliphatic rings. The zero-order chi connectivity index (χ0) is 35.8. The highest BCUT2D eigenvalue weighted by Gasteiger charge is 2.16. The number of nitrogens with zero attached hydrogens (tertiary/aromatic N) is 2. The fraction of sp³-hybridized carbons (Fsp3) is 0. The van der Waals surface area contributed by atoms with Crippen LogP contribution in [0, 0.1) is 0 Å². The second-order valence-electron chi connectivity index (χ2n) is 13.8. The summed E-state index contributed by atoms with van der Waals surface area (Å²) >= 11 is 0. The lowest BCUT2D eigenvalue weighted by Crippen LogP contribution is -2.10. The molecule has 0 unspecified atom stereocenters. The maximum absolute atomic E-state index is 2.37. The van der Waals surface area contributed by atoms with Crippen molar-refractivity contribution in [3.8, 4) is 39.1 Å². The fourth-order valence-corrected chi connectivity index (χ4v) is 7.98. The first-order valence-electron chi connectivity index (χ1n) is 18.5. The highest BCUT2D eigenvalue weighted by molar-refractivity contribution is 6.09. The number of aromatic nitrogens is 1. The van der Waals surface area contributed by atoms with E-state index in [2.05, 4.69) is 228 Å². The number of anilines is 3. The van der Waals surface area contributed by atoms with Crippen molar-refractivity contribution in [3.63, 3.8) is 0 Å². The molecule has 10 aromatic rings. The third-order valence-corrected chi connectivity index (χ3v) is 10.6. The molecule has 0 aliphatic carbocycles. The van der Waals surface area contributed by atoms with Gasteiger partial charge in [0, 0.05) is 33.5 Å². The van der Waals surface area contributed by atoms with E-state index in [-0.39, 0.29) is 0 Å². The first-order chi connectivity index (χ1) is 26.8. The van der Waals surface area contributed by atoms with Crippen LogP contribution in [0.1, 0.15) is 0 Å². The lowest BCUT2D eigenvalue weighted by Gasteiger charge is -2.26. The lowest BCUT2D eigenvalue weighted by atomic mass is 9.95. The molecule has 0 bridgehead atoms. The van der Waals surface area contributed by atoms with Crippen LogP contribution in [0.4, 0.5) is 17.1 Å². The van der Waals surface area contributed by atoms with Crippen molar-refractivity contribution in [3.05, 3.63) is 218 Å². The summed E-state index contributed by atoms with van der Waals surface area (Å²) in [6.45, 7) is 0. The predicted molar refractivity (Wildman–Crippen MR) is 229 cm³/mol. The van der Waals surface area contributed by atoms with Gasteiger partial charge < -0.3 is 9.47 Å². The molecule has 1 heterocycles. The summed E-state index contributed by atoms with van der Waals surface area (Å²) in [5.74, 6) is 0. The average molecular weight is 689 g/mol. The number of rotatable bonds is 7. The number of fused-ring (bicyclic) bond motifs is 4. The monoisotopic (exact) mass is 688 g/mol. The van der Waals surface area contributed by atoms with Crippen LogP contribution < -0.4 is 4.90 Å². The summed E-state index contributed by atoms with van der Waals surface area (Å²) in [5.41, 5.74) is 14.1. The van der Waals surface area contributed by atoms with Crippen LogP contribution in [-0.2, 0) is 0 Å². The number of benzene rings is 9. The van der Waals surface area contributed by atoms with E-state index in [0.717, 1.165) is 22.7 Å². The van der Waals surface area contributed by atoms with Gasteiger partial charge in [0.2, 0.25) is 0 Å². The molecular formula is C52H36N2. The minimum absolute atomic E-state index is 1.10. The molecule has 2 nitrogen and oxygen atoms in total. The van der Waals surface area contributed by atoms with Gasteiger partial charge in [-0.2, -0.15) is 0 Å². The van der Waals surface area contributed by atoms with Crippen molar-refractivity contribution in [2.45, 2.75) is 0 Å². The highest BCUT2D eigenvalue weighted by atomic mass is 15.1. The number of para-hydroxylation sites is 2. The smallest absolute Gasteiger partial charge is 0.0541 e. The molecule has 0 fully saturated rings. The average Bonchev–Trinajstić information content (AvgIpc) is 3.59. The summed E-state index contributed by atoms with van der Waals surface area (Å²) < 4.78 is 2.37. The van der Waals surface area contributed by atoms with Gasteiger partial charge in [-0.25, -0.2) is 0 Å². The molecule has 0 spiro atoms. The van der Waals surface area contributed by atoms with Crippen molar-refractivity contribution in [2.75, 3.05) is 4.90 Å². The normalized spacial score (nSPS) is 11.3. The van der Waals surface area contributed by atoms with E-state index in [9.17, 15) is 0 Å². The summed E-state index contributed by atoms with van der Waals surface area (Å²) in [5, 5.41) is 5.05. The maximum Gasteiger partial charge on any atom is 0.0541 e. The fourth-order valence-electron chi connectivity index (χ4n) is 7.98. The first-order valence-corrected chi connectivity index (χ1v) is 18.5. The zero-order valence-corrected chi connectivity index (χ0v) is 29.7. The van der Waals surface area contributed by atoms with Crippen molar-refractivity contribution in [1.29, 1.82) is 0 Å². The molecule has 0 N–H and O–H groups in total. The molecule has 9 aromatic carbocycles. The van der Waals surface area contributed by atoms with Gasteiger partial charge in [-0.3, -0.25) is 0 Å². The zero-order valence-electron chi connectivity index (χ0n) is 29.7. The Hall–Kier alpha value is -7.16. The first kappa shape index (κ1) is 31.6. The maximum atomic E-state index is 2.37. The van der Waals surface area contributed by atoms with Crippen molar-refractivity contribution in [1.82, 2.24) is 4.57 Å². The Bertz CT molecular complexity index is 2840. The van der Waals surface area contributed by atoms with E-state index in [1.54, 1.807) is 0 Å². The van der Waals surface area contributed by atoms with Gasteiger partial charge in [0.1, 0.15) is 0 Å². The molecule has 0 aliphatic heterocycles. The van der Waals surface area contributed by atoms with Gasteiger partial charge in [0.15, 0.2) is 0 Å². The van der Waals surface area contributed by atoms with Crippen LogP contribution in [0.2, 0.25) is 0 Å². The summed E-state index contributed by atoms with van der Waals surface area (Å²) in [4.78, 5) is 2.35. The Kier molecular flexibility index (Phi) is 7.85. The molecular weight excluding hydrogens is 653 g/mol. The number of hydrogen-bond acceptors (Lipinski definition) is 1. The van der Waals surface area contributed by atoms with Crippen LogP contribution >= 0.6 is 0 Å². The van der Waals surface area contributed by atoms with E-state index < -0.39 is 0 Å². The van der Waals surface area contributed by atoms with E-state index in [1.807, 2.05) is 0 Å². The van der Waals surface area contributed by atoms with E-state index in [4.69, 9.17) is 0 Å². The minimum atomic E-state index is 1.10. The van der Waals surface area contributed by atoms with Gasteiger partial charge in [-0.05, 0) is 111 Å². The summed E-state index contributed by atoms with van der Waals surface area (Å²) in [6, 6.07) is 78.8.